The molecule has 1 aliphatic carbocycles. The maximum atomic E-state index is 14.1. The number of hydrogen-bond acceptors (Lipinski definition) is 8. The number of nitrogens with one attached hydrogen (secondary N) is 2. The summed E-state index contributed by atoms with van der Waals surface area (Å²) < 4.78 is 15.4. The summed E-state index contributed by atoms with van der Waals surface area (Å²) in [5.41, 5.74) is 9.07. The van der Waals surface area contributed by atoms with Crippen LogP contribution in [-0.2, 0) is 23.8 Å². The first-order chi connectivity index (χ1) is 28.0. The van der Waals surface area contributed by atoms with Gasteiger partial charge in [0, 0.05) is 38.0 Å². The van der Waals surface area contributed by atoms with Crippen molar-refractivity contribution >= 4 is 40.9 Å². The van der Waals surface area contributed by atoms with E-state index in [1.165, 1.54) is 25.4 Å². The van der Waals surface area contributed by atoms with E-state index in [0.717, 1.165) is 65.6 Å². The molecule has 2 aromatic rings. The standard InChI is InChI=1S/C46H57N5O7/c1-28(2)41(48-45(54)56-4)43(52)50-21-6-8-39(50)35-19-18-34(25-35)32-14-10-30(11-15-32)31-12-16-33(17-13-31)37-26-38(47-27-37)40-9-7-22-51(40)44(53)42(49-46(55)57-5)36-20-23-58-29(3)24-36/h10-19,27-29,36,39-42H,6-9,20-26H2,1-5H3,(H,48,54)(H,49,55)/t29?,36?,39?,40-,41-,42?/m0/s1. The van der Waals surface area contributed by atoms with Crippen LogP contribution >= 0.6 is 0 Å². The van der Waals surface area contributed by atoms with Gasteiger partial charge in [-0.05, 0) is 103 Å². The van der Waals surface area contributed by atoms with E-state index in [-0.39, 0.29) is 41.8 Å². The van der Waals surface area contributed by atoms with Crippen LogP contribution in [0, 0.1) is 11.8 Å². The Hall–Kier alpha value is -5.23. The first kappa shape index (κ1) is 40.9. The van der Waals surface area contributed by atoms with Crippen molar-refractivity contribution < 1.29 is 33.4 Å². The number of carbonyl (C=O) groups is 4. The van der Waals surface area contributed by atoms with Crippen molar-refractivity contribution in [2.45, 2.75) is 102 Å². The molecule has 12 nitrogen and oxygen atoms in total. The number of alkyl carbamates (subject to hydrolysis) is 2. The van der Waals surface area contributed by atoms with Crippen LogP contribution in [0.3, 0.4) is 0 Å². The molecule has 4 aliphatic heterocycles. The number of ether oxygens (including phenoxy) is 3. The third-order valence-corrected chi connectivity index (χ3v) is 12.5. The SMILES string of the molecule is COC(=O)NC(C(=O)N1CCC[C@H]1C1=NC=C(c2ccc(-c3ccc(C4=CC=C(C5CCCN5C(=O)[C@@H](NC(=O)OC)C(C)C)C4)cc3)cc2)C1)C1CCOC(C)C1. The van der Waals surface area contributed by atoms with Crippen LogP contribution in [0.1, 0.15) is 83.3 Å². The van der Waals surface area contributed by atoms with E-state index in [4.69, 9.17) is 19.2 Å². The lowest BCUT2D eigenvalue weighted by atomic mass is 9.87. The van der Waals surface area contributed by atoms with Gasteiger partial charge in [0.15, 0.2) is 0 Å². The molecule has 4 unspecified atom stereocenters. The summed E-state index contributed by atoms with van der Waals surface area (Å²) in [6.45, 7) is 7.75. The fraction of sp³-hybridized carbons (Fsp3) is 0.500. The Kier molecular flexibility index (Phi) is 12.8. The Bertz CT molecular complexity index is 1980. The van der Waals surface area contributed by atoms with Gasteiger partial charge in [0.2, 0.25) is 11.8 Å². The monoisotopic (exact) mass is 791 g/mol. The zero-order valence-corrected chi connectivity index (χ0v) is 34.4. The zero-order chi connectivity index (χ0) is 40.9. The molecule has 4 amide bonds. The molecule has 12 heteroatoms. The molecule has 3 fully saturated rings. The molecule has 58 heavy (non-hydrogen) atoms. The summed E-state index contributed by atoms with van der Waals surface area (Å²) in [6.07, 6.45) is 11.5. The fourth-order valence-electron chi connectivity index (χ4n) is 9.31. The largest absolute Gasteiger partial charge is 0.453 e. The van der Waals surface area contributed by atoms with Gasteiger partial charge < -0.3 is 34.6 Å². The summed E-state index contributed by atoms with van der Waals surface area (Å²) in [7, 11) is 2.63. The number of rotatable bonds is 11. The Labute approximate surface area is 341 Å². The van der Waals surface area contributed by atoms with E-state index in [0.29, 0.717) is 39.0 Å². The van der Waals surface area contributed by atoms with E-state index in [9.17, 15) is 19.2 Å². The molecule has 308 valence electrons. The number of nitrogens with zero attached hydrogens (tertiary/aromatic N) is 3. The minimum atomic E-state index is -0.665. The van der Waals surface area contributed by atoms with Gasteiger partial charge in [-0.25, -0.2) is 9.59 Å². The fourth-order valence-corrected chi connectivity index (χ4v) is 9.31. The Morgan fingerprint density at radius 2 is 1.33 bits per heavy atom. The zero-order valence-electron chi connectivity index (χ0n) is 34.4. The van der Waals surface area contributed by atoms with Crippen LogP contribution in [0.4, 0.5) is 9.59 Å². The van der Waals surface area contributed by atoms with Crippen LogP contribution in [0.5, 0.6) is 0 Å². The minimum Gasteiger partial charge on any atom is -0.453 e. The molecule has 5 aliphatic rings. The van der Waals surface area contributed by atoms with Crippen LogP contribution in [0.2, 0.25) is 0 Å². The van der Waals surface area contributed by atoms with Crippen LogP contribution < -0.4 is 10.6 Å². The second-order valence-corrected chi connectivity index (χ2v) is 16.5. The summed E-state index contributed by atoms with van der Waals surface area (Å²) >= 11 is 0. The van der Waals surface area contributed by atoms with E-state index in [2.05, 4.69) is 71.3 Å². The van der Waals surface area contributed by atoms with Crippen LogP contribution in [-0.4, -0.2) is 104 Å². The summed E-state index contributed by atoms with van der Waals surface area (Å²) in [6, 6.07) is 15.8. The minimum absolute atomic E-state index is 0.0182. The van der Waals surface area contributed by atoms with Gasteiger partial charge in [-0.2, -0.15) is 0 Å². The third-order valence-electron chi connectivity index (χ3n) is 12.5. The molecule has 2 aromatic carbocycles. The van der Waals surface area contributed by atoms with E-state index < -0.39 is 24.3 Å². The molecular formula is C46H57N5O7. The predicted octanol–water partition coefficient (Wildman–Crippen LogP) is 7.16. The summed E-state index contributed by atoms with van der Waals surface area (Å²) in [4.78, 5) is 60.7. The van der Waals surface area contributed by atoms with Gasteiger partial charge >= 0.3 is 12.2 Å². The molecule has 0 bridgehead atoms. The smallest absolute Gasteiger partial charge is 0.407 e. The highest BCUT2D eigenvalue weighted by Gasteiger charge is 2.42. The molecule has 0 saturated carbocycles. The van der Waals surface area contributed by atoms with Gasteiger partial charge in [0.1, 0.15) is 12.1 Å². The molecule has 0 spiro atoms. The van der Waals surface area contributed by atoms with Gasteiger partial charge in [0.25, 0.3) is 0 Å². The van der Waals surface area contributed by atoms with Crippen molar-refractivity contribution in [3.8, 4) is 11.1 Å². The maximum absolute atomic E-state index is 14.1. The number of likely N-dealkylation sites (tertiary alicyclic amines) is 2. The maximum Gasteiger partial charge on any atom is 0.407 e. The lowest BCUT2D eigenvalue weighted by molar-refractivity contribution is -0.136. The van der Waals surface area contributed by atoms with Crippen molar-refractivity contribution in [2.75, 3.05) is 33.9 Å². The van der Waals surface area contributed by atoms with Crippen LogP contribution in [0.15, 0.2) is 77.4 Å². The first-order valence-corrected chi connectivity index (χ1v) is 20.8. The second kappa shape index (κ2) is 18.1. The predicted molar refractivity (Wildman–Crippen MR) is 224 cm³/mol. The number of methoxy groups -OCH3 is 2. The topological polar surface area (TPSA) is 139 Å². The lowest BCUT2D eigenvalue weighted by Gasteiger charge is -2.36. The average molecular weight is 792 g/mol. The van der Waals surface area contributed by atoms with Crippen molar-refractivity contribution in [2.24, 2.45) is 16.8 Å². The number of allylic oxidation sites excluding steroid dienone is 4. The highest BCUT2D eigenvalue weighted by Crippen LogP contribution is 2.37. The molecule has 4 heterocycles. The highest BCUT2D eigenvalue weighted by molar-refractivity contribution is 6.04. The normalized spacial score (nSPS) is 24.1. The Balaban J connectivity index is 0.942. The number of aliphatic imine (C=N–C) groups is 1. The second-order valence-electron chi connectivity index (χ2n) is 16.5. The Morgan fingerprint density at radius 1 is 0.741 bits per heavy atom. The number of amides is 4. The van der Waals surface area contributed by atoms with Gasteiger partial charge in [-0.1, -0.05) is 74.5 Å². The van der Waals surface area contributed by atoms with Crippen LogP contribution in [0.25, 0.3) is 22.3 Å². The average Bonchev–Trinajstić information content (AvgIpc) is 4.08. The number of benzene rings is 2. The van der Waals surface area contributed by atoms with Gasteiger partial charge in [0.05, 0.1) is 32.4 Å². The highest BCUT2D eigenvalue weighted by atomic mass is 16.5. The van der Waals surface area contributed by atoms with E-state index in [1.807, 2.05) is 36.8 Å². The van der Waals surface area contributed by atoms with Crippen molar-refractivity contribution in [1.82, 2.24) is 20.4 Å². The first-order valence-electron chi connectivity index (χ1n) is 20.8. The van der Waals surface area contributed by atoms with E-state index in [1.54, 1.807) is 0 Å². The third kappa shape index (κ3) is 8.92. The number of carbonyl (C=O) groups excluding carboxylic acids is 4. The molecule has 3 saturated heterocycles. The molecule has 6 atom stereocenters. The lowest BCUT2D eigenvalue weighted by Crippen LogP contribution is -2.55. The van der Waals surface area contributed by atoms with Crippen molar-refractivity contribution in [1.29, 1.82) is 0 Å². The molecule has 7 rings (SSSR count). The van der Waals surface area contributed by atoms with Crippen molar-refractivity contribution in [3.05, 3.63) is 83.6 Å². The number of hydrogen-bond donors (Lipinski definition) is 2. The van der Waals surface area contributed by atoms with Gasteiger partial charge in [-0.3, -0.25) is 14.6 Å². The van der Waals surface area contributed by atoms with Gasteiger partial charge in [-0.15, -0.1) is 0 Å². The van der Waals surface area contributed by atoms with E-state index >= 15 is 0 Å². The Morgan fingerprint density at radius 3 is 1.95 bits per heavy atom. The van der Waals surface area contributed by atoms with Crippen molar-refractivity contribution in [3.63, 3.8) is 0 Å². The molecule has 2 N–H and O–H groups in total. The molecule has 0 aromatic heterocycles. The molecule has 0 radical (unpaired) electrons. The summed E-state index contributed by atoms with van der Waals surface area (Å²) in [5, 5.41) is 5.59. The molecular weight excluding hydrogens is 735 g/mol. The quantitative estimate of drug-likeness (QED) is 0.247. The summed E-state index contributed by atoms with van der Waals surface area (Å²) in [5.74, 6) is -0.215.